The molecule has 25 heavy (non-hydrogen) atoms. The van der Waals surface area contributed by atoms with Gasteiger partial charge in [0.25, 0.3) is 5.91 Å². The van der Waals surface area contributed by atoms with Crippen molar-refractivity contribution in [3.8, 4) is 11.5 Å². The van der Waals surface area contributed by atoms with Gasteiger partial charge in [0.05, 0.1) is 26.5 Å². The normalized spacial score (nSPS) is 10.5. The Bertz CT molecular complexity index is 733. The van der Waals surface area contributed by atoms with Crippen molar-refractivity contribution < 1.29 is 14.3 Å². The molecule has 0 bridgehead atoms. The molecule has 0 fully saturated rings. The molecule has 2 aromatic rings. The number of amides is 1. The van der Waals surface area contributed by atoms with Crippen LogP contribution in [-0.4, -0.2) is 32.4 Å². The number of carbonyl (C=O) groups is 1. The van der Waals surface area contributed by atoms with Crippen LogP contribution in [0.15, 0.2) is 52.0 Å². The number of benzene rings is 2. The Morgan fingerprint density at radius 1 is 1.24 bits per heavy atom. The second-order valence-electron chi connectivity index (χ2n) is 4.99. The fourth-order valence-corrected chi connectivity index (χ4v) is 2.42. The van der Waals surface area contributed by atoms with E-state index in [0.29, 0.717) is 12.4 Å². The highest BCUT2D eigenvalue weighted by molar-refractivity contribution is 9.10. The lowest BCUT2D eigenvalue weighted by Gasteiger charge is -2.07. The summed E-state index contributed by atoms with van der Waals surface area (Å²) in [7, 11) is 1.58. The smallest absolute Gasteiger partial charge is 0.259 e. The SMILES string of the molecule is CCOc1ccc(NCC(=O)N/N=C/c2cc(Br)ccc2OC)cc1. The Hall–Kier alpha value is -2.54. The highest BCUT2D eigenvalue weighted by atomic mass is 79.9. The minimum Gasteiger partial charge on any atom is -0.496 e. The molecule has 2 aromatic carbocycles. The van der Waals surface area contributed by atoms with Crippen LogP contribution in [0.4, 0.5) is 5.69 Å². The molecule has 0 spiro atoms. The van der Waals surface area contributed by atoms with Gasteiger partial charge in [-0.25, -0.2) is 5.43 Å². The average Bonchev–Trinajstić information content (AvgIpc) is 2.61. The van der Waals surface area contributed by atoms with E-state index in [-0.39, 0.29) is 12.5 Å². The molecule has 7 heteroatoms. The van der Waals surface area contributed by atoms with Crippen molar-refractivity contribution in [2.75, 3.05) is 25.6 Å². The minimum absolute atomic E-state index is 0.112. The molecule has 0 atom stereocenters. The molecule has 2 rings (SSSR count). The number of hydrogen-bond acceptors (Lipinski definition) is 5. The van der Waals surface area contributed by atoms with Gasteiger partial charge in [0.15, 0.2) is 0 Å². The Labute approximate surface area is 155 Å². The van der Waals surface area contributed by atoms with Gasteiger partial charge in [-0.15, -0.1) is 0 Å². The molecule has 0 saturated heterocycles. The van der Waals surface area contributed by atoms with Crippen molar-refractivity contribution in [3.05, 3.63) is 52.5 Å². The van der Waals surface area contributed by atoms with Crippen molar-refractivity contribution in [2.45, 2.75) is 6.92 Å². The summed E-state index contributed by atoms with van der Waals surface area (Å²) in [5.74, 6) is 1.22. The Morgan fingerprint density at radius 3 is 2.68 bits per heavy atom. The van der Waals surface area contributed by atoms with Crippen LogP contribution in [0.25, 0.3) is 0 Å². The molecule has 0 aliphatic rings. The van der Waals surface area contributed by atoms with E-state index in [1.807, 2.05) is 49.4 Å². The summed E-state index contributed by atoms with van der Waals surface area (Å²) in [4.78, 5) is 11.8. The summed E-state index contributed by atoms with van der Waals surface area (Å²) in [5, 5.41) is 6.98. The van der Waals surface area contributed by atoms with Crippen molar-refractivity contribution in [3.63, 3.8) is 0 Å². The van der Waals surface area contributed by atoms with E-state index in [1.165, 1.54) is 0 Å². The second-order valence-corrected chi connectivity index (χ2v) is 5.91. The van der Waals surface area contributed by atoms with Crippen LogP contribution >= 0.6 is 15.9 Å². The molecule has 6 nitrogen and oxygen atoms in total. The number of carbonyl (C=O) groups excluding carboxylic acids is 1. The molecule has 1 amide bonds. The van der Waals surface area contributed by atoms with Crippen LogP contribution < -0.4 is 20.2 Å². The van der Waals surface area contributed by atoms with Gasteiger partial charge in [-0.1, -0.05) is 15.9 Å². The number of nitrogens with one attached hydrogen (secondary N) is 2. The van der Waals surface area contributed by atoms with Crippen LogP contribution in [0.5, 0.6) is 11.5 Å². The first-order valence-corrected chi connectivity index (χ1v) is 8.54. The lowest BCUT2D eigenvalue weighted by molar-refractivity contribution is -0.119. The van der Waals surface area contributed by atoms with Gasteiger partial charge in [-0.2, -0.15) is 5.10 Å². The molecule has 132 valence electrons. The fourth-order valence-electron chi connectivity index (χ4n) is 2.04. The Balaban J connectivity index is 1.83. The lowest BCUT2D eigenvalue weighted by Crippen LogP contribution is -2.25. The van der Waals surface area contributed by atoms with Crippen LogP contribution in [0.3, 0.4) is 0 Å². The third-order valence-corrected chi connectivity index (χ3v) is 3.70. The van der Waals surface area contributed by atoms with E-state index in [0.717, 1.165) is 21.5 Å². The first-order chi connectivity index (χ1) is 12.1. The predicted molar refractivity (Wildman–Crippen MR) is 103 cm³/mol. The summed E-state index contributed by atoms with van der Waals surface area (Å²) < 4.78 is 11.5. The van der Waals surface area contributed by atoms with Crippen molar-refractivity contribution in [1.29, 1.82) is 0 Å². The number of hydrazone groups is 1. The molecular formula is C18H20BrN3O3. The van der Waals surface area contributed by atoms with Gasteiger partial charge >= 0.3 is 0 Å². The van der Waals surface area contributed by atoms with Gasteiger partial charge < -0.3 is 14.8 Å². The highest BCUT2D eigenvalue weighted by Crippen LogP contribution is 2.21. The first-order valence-electron chi connectivity index (χ1n) is 7.74. The molecule has 0 radical (unpaired) electrons. The lowest BCUT2D eigenvalue weighted by atomic mass is 10.2. The second kappa shape index (κ2) is 9.68. The number of anilines is 1. The minimum atomic E-state index is -0.251. The summed E-state index contributed by atoms with van der Waals surface area (Å²) >= 11 is 3.39. The van der Waals surface area contributed by atoms with Gasteiger partial charge in [-0.3, -0.25) is 4.79 Å². The summed E-state index contributed by atoms with van der Waals surface area (Å²) in [6.07, 6.45) is 1.54. The molecule has 0 aliphatic heterocycles. The molecule has 0 aromatic heterocycles. The third kappa shape index (κ3) is 6.11. The first kappa shape index (κ1) is 18.8. The van der Waals surface area contributed by atoms with Crippen LogP contribution in [0.2, 0.25) is 0 Å². The molecule has 0 unspecified atom stereocenters. The molecule has 2 N–H and O–H groups in total. The van der Waals surface area contributed by atoms with Crippen LogP contribution in [-0.2, 0) is 4.79 Å². The van der Waals surface area contributed by atoms with Crippen LogP contribution in [0, 0.1) is 0 Å². The third-order valence-electron chi connectivity index (χ3n) is 3.20. The van der Waals surface area contributed by atoms with Crippen molar-refractivity contribution in [2.24, 2.45) is 5.10 Å². The van der Waals surface area contributed by atoms with E-state index in [1.54, 1.807) is 13.3 Å². The van der Waals surface area contributed by atoms with Gasteiger partial charge in [0.2, 0.25) is 0 Å². The number of rotatable bonds is 8. The highest BCUT2D eigenvalue weighted by Gasteiger charge is 2.02. The monoisotopic (exact) mass is 405 g/mol. The zero-order valence-corrected chi connectivity index (χ0v) is 15.7. The van der Waals surface area contributed by atoms with E-state index in [4.69, 9.17) is 9.47 Å². The number of halogens is 1. The van der Waals surface area contributed by atoms with Gasteiger partial charge in [0, 0.05) is 15.7 Å². The van der Waals surface area contributed by atoms with Gasteiger partial charge in [-0.05, 0) is 49.4 Å². The van der Waals surface area contributed by atoms with Gasteiger partial charge in [0.1, 0.15) is 11.5 Å². The van der Waals surface area contributed by atoms with E-state index in [2.05, 4.69) is 31.8 Å². The fraction of sp³-hybridized carbons (Fsp3) is 0.222. The number of nitrogens with zero attached hydrogens (tertiary/aromatic N) is 1. The van der Waals surface area contributed by atoms with Crippen molar-refractivity contribution in [1.82, 2.24) is 5.43 Å². The Morgan fingerprint density at radius 2 is 2.00 bits per heavy atom. The maximum atomic E-state index is 11.8. The van der Waals surface area contributed by atoms with Crippen LogP contribution in [0.1, 0.15) is 12.5 Å². The standard InChI is InChI=1S/C18H20BrN3O3/c1-3-25-16-7-5-15(6-8-16)20-12-18(23)22-21-11-13-10-14(19)4-9-17(13)24-2/h4-11,20H,3,12H2,1-2H3,(H,22,23)/b21-11+. The maximum absolute atomic E-state index is 11.8. The topological polar surface area (TPSA) is 72.0 Å². The molecule has 0 heterocycles. The van der Waals surface area contributed by atoms with Crippen molar-refractivity contribution >= 4 is 33.7 Å². The zero-order valence-electron chi connectivity index (χ0n) is 14.1. The molecule has 0 aliphatic carbocycles. The summed E-state index contributed by atoms with van der Waals surface area (Å²) in [5.41, 5.74) is 4.07. The van der Waals surface area contributed by atoms with E-state index < -0.39 is 0 Å². The average molecular weight is 406 g/mol. The quantitative estimate of drug-likeness (QED) is 0.521. The summed E-state index contributed by atoms with van der Waals surface area (Å²) in [6, 6.07) is 13.0. The van der Waals surface area contributed by atoms with E-state index in [9.17, 15) is 4.79 Å². The maximum Gasteiger partial charge on any atom is 0.259 e. The summed E-state index contributed by atoms with van der Waals surface area (Å²) in [6.45, 7) is 2.66. The molecular weight excluding hydrogens is 386 g/mol. The Kier molecular flexibility index (Phi) is 7.28. The zero-order chi connectivity index (χ0) is 18.1. The predicted octanol–water partition coefficient (Wildman–Crippen LogP) is 3.42. The largest absolute Gasteiger partial charge is 0.496 e. The number of ether oxygens (including phenoxy) is 2. The number of methoxy groups -OCH3 is 1. The van der Waals surface area contributed by atoms with E-state index >= 15 is 0 Å². The molecule has 0 saturated carbocycles. The number of hydrogen-bond donors (Lipinski definition) is 2.